The van der Waals surface area contributed by atoms with E-state index in [4.69, 9.17) is 4.42 Å². The molecule has 0 aliphatic rings. The van der Waals surface area contributed by atoms with E-state index >= 15 is 0 Å². The molecule has 4 aromatic rings. The maximum absolute atomic E-state index is 9.97. The number of benzene rings is 3. The monoisotopic (exact) mass is 448 g/mol. The number of aromatic hydroxyl groups is 1. The molecule has 1 heterocycles. The molecular formula is C24H21BrN2O2. The highest BCUT2D eigenvalue weighted by Crippen LogP contribution is 2.30. The summed E-state index contributed by atoms with van der Waals surface area (Å²) < 4.78 is 6.85. The normalized spacial score (nSPS) is 12.7. The summed E-state index contributed by atoms with van der Waals surface area (Å²) in [5.41, 5.74) is 5.17. The SMILES string of the molecule is CCC(C)c1ccc2oc(-c3cccc(N=Cc4cc(Br)ccc4O)c3)nc2c1. The molecule has 5 heteroatoms. The molecule has 0 fully saturated rings. The summed E-state index contributed by atoms with van der Waals surface area (Å²) >= 11 is 3.41. The summed E-state index contributed by atoms with van der Waals surface area (Å²) in [5, 5.41) is 9.97. The number of aromatic nitrogens is 1. The molecule has 0 saturated carbocycles. The second-order valence-corrected chi connectivity index (χ2v) is 7.98. The van der Waals surface area contributed by atoms with Gasteiger partial charge in [0.05, 0.1) is 5.69 Å². The lowest BCUT2D eigenvalue weighted by Crippen LogP contribution is -1.90. The van der Waals surface area contributed by atoms with Gasteiger partial charge in [-0.25, -0.2) is 4.98 Å². The molecule has 0 spiro atoms. The first-order valence-electron chi connectivity index (χ1n) is 9.57. The standard InChI is InChI=1S/C24H21BrN2O2/c1-3-15(2)16-7-10-23-21(13-16)27-24(29-23)17-5-4-6-20(12-17)26-14-18-11-19(25)8-9-22(18)28/h4-15,28H,3H2,1-2H3. The minimum atomic E-state index is 0.184. The van der Waals surface area contributed by atoms with Crippen LogP contribution in [0.5, 0.6) is 5.75 Å². The first-order valence-corrected chi connectivity index (χ1v) is 10.4. The molecule has 1 atom stereocenters. The molecule has 4 rings (SSSR count). The molecule has 1 unspecified atom stereocenters. The summed E-state index contributed by atoms with van der Waals surface area (Å²) in [6, 6.07) is 19.1. The molecule has 0 aliphatic heterocycles. The van der Waals surface area contributed by atoms with Crippen LogP contribution in [0.2, 0.25) is 0 Å². The van der Waals surface area contributed by atoms with Crippen LogP contribution in [0.1, 0.15) is 37.3 Å². The average molecular weight is 449 g/mol. The Morgan fingerprint density at radius 1 is 1.14 bits per heavy atom. The van der Waals surface area contributed by atoms with Crippen LogP contribution in [0.3, 0.4) is 0 Å². The van der Waals surface area contributed by atoms with Crippen LogP contribution >= 0.6 is 15.9 Å². The minimum absolute atomic E-state index is 0.184. The number of nitrogens with zero attached hydrogens (tertiary/aromatic N) is 2. The highest BCUT2D eigenvalue weighted by Gasteiger charge is 2.11. The fraction of sp³-hybridized carbons (Fsp3) is 0.167. The molecule has 1 N–H and O–H groups in total. The van der Waals surface area contributed by atoms with Crippen molar-refractivity contribution in [1.82, 2.24) is 4.98 Å². The number of phenols is 1. The van der Waals surface area contributed by atoms with Crippen molar-refractivity contribution in [3.63, 3.8) is 0 Å². The topological polar surface area (TPSA) is 58.6 Å². The summed E-state index contributed by atoms with van der Waals surface area (Å²) in [5.74, 6) is 1.25. The zero-order valence-electron chi connectivity index (χ0n) is 16.3. The third kappa shape index (κ3) is 4.25. The molecule has 146 valence electrons. The second-order valence-electron chi connectivity index (χ2n) is 7.07. The first-order chi connectivity index (χ1) is 14.0. The summed E-state index contributed by atoms with van der Waals surface area (Å²) in [6.45, 7) is 4.40. The lowest BCUT2D eigenvalue weighted by Gasteiger charge is -2.07. The number of halogens is 1. The molecule has 29 heavy (non-hydrogen) atoms. The van der Waals surface area contributed by atoms with Gasteiger partial charge in [0.2, 0.25) is 5.89 Å². The quantitative estimate of drug-likeness (QED) is 0.327. The zero-order chi connectivity index (χ0) is 20.4. The maximum Gasteiger partial charge on any atom is 0.227 e. The molecule has 0 radical (unpaired) electrons. The van der Waals surface area contributed by atoms with Gasteiger partial charge >= 0.3 is 0 Å². The van der Waals surface area contributed by atoms with E-state index < -0.39 is 0 Å². The Labute approximate surface area is 178 Å². The fourth-order valence-electron chi connectivity index (χ4n) is 3.10. The van der Waals surface area contributed by atoms with E-state index in [0.717, 1.165) is 33.2 Å². The second kappa shape index (κ2) is 8.21. The zero-order valence-corrected chi connectivity index (χ0v) is 17.8. The van der Waals surface area contributed by atoms with Crippen molar-refractivity contribution >= 4 is 38.9 Å². The maximum atomic E-state index is 9.97. The third-order valence-corrected chi connectivity index (χ3v) is 5.52. The molecule has 0 saturated heterocycles. The Hall–Kier alpha value is -2.92. The Morgan fingerprint density at radius 3 is 2.83 bits per heavy atom. The van der Waals surface area contributed by atoms with E-state index in [0.29, 0.717) is 17.4 Å². The molecule has 1 aromatic heterocycles. The van der Waals surface area contributed by atoms with Crippen LogP contribution in [0, 0.1) is 0 Å². The largest absolute Gasteiger partial charge is 0.507 e. The molecule has 3 aromatic carbocycles. The predicted octanol–water partition coefficient (Wildman–Crippen LogP) is 7.23. The molecule has 0 bridgehead atoms. The van der Waals surface area contributed by atoms with Crippen LogP contribution in [-0.4, -0.2) is 16.3 Å². The molecule has 4 nitrogen and oxygen atoms in total. The summed E-state index contributed by atoms with van der Waals surface area (Å²) in [6.07, 6.45) is 2.73. The Balaban J connectivity index is 1.64. The van der Waals surface area contributed by atoms with Gasteiger partial charge in [0.25, 0.3) is 0 Å². The average Bonchev–Trinajstić information content (AvgIpc) is 3.17. The Morgan fingerprint density at radius 2 is 2.00 bits per heavy atom. The smallest absolute Gasteiger partial charge is 0.227 e. The van der Waals surface area contributed by atoms with Gasteiger partial charge in [-0.1, -0.05) is 41.9 Å². The van der Waals surface area contributed by atoms with Gasteiger partial charge in [0.1, 0.15) is 11.3 Å². The number of fused-ring (bicyclic) bond motifs is 1. The molecule has 0 aliphatic carbocycles. The Bertz CT molecular complexity index is 1200. The lowest BCUT2D eigenvalue weighted by atomic mass is 9.98. The number of oxazole rings is 1. The number of rotatable bonds is 5. The van der Waals surface area contributed by atoms with Crippen LogP contribution in [-0.2, 0) is 0 Å². The van der Waals surface area contributed by atoms with Gasteiger partial charge in [0.15, 0.2) is 5.58 Å². The van der Waals surface area contributed by atoms with Crippen molar-refractivity contribution in [2.45, 2.75) is 26.2 Å². The van der Waals surface area contributed by atoms with Gasteiger partial charge in [-0.15, -0.1) is 0 Å². The predicted molar refractivity (Wildman–Crippen MR) is 121 cm³/mol. The number of hydrogen-bond donors (Lipinski definition) is 1. The third-order valence-electron chi connectivity index (χ3n) is 5.03. The number of hydrogen-bond acceptors (Lipinski definition) is 4. The van der Waals surface area contributed by atoms with Gasteiger partial charge < -0.3 is 9.52 Å². The lowest BCUT2D eigenvalue weighted by molar-refractivity contribution is 0.474. The van der Waals surface area contributed by atoms with Crippen molar-refractivity contribution < 1.29 is 9.52 Å². The van der Waals surface area contributed by atoms with Crippen LogP contribution in [0.25, 0.3) is 22.6 Å². The number of aliphatic imine (C=N–C) groups is 1. The molecular weight excluding hydrogens is 428 g/mol. The van der Waals surface area contributed by atoms with Gasteiger partial charge in [-0.05, 0) is 66.4 Å². The minimum Gasteiger partial charge on any atom is -0.507 e. The Kier molecular flexibility index (Phi) is 5.49. The van der Waals surface area contributed by atoms with Gasteiger partial charge in [0, 0.05) is 21.8 Å². The first kappa shape index (κ1) is 19.4. The van der Waals surface area contributed by atoms with Crippen LogP contribution < -0.4 is 0 Å². The van der Waals surface area contributed by atoms with E-state index in [2.05, 4.69) is 51.9 Å². The van der Waals surface area contributed by atoms with Crippen molar-refractivity contribution in [3.8, 4) is 17.2 Å². The van der Waals surface area contributed by atoms with E-state index in [1.807, 2.05) is 36.4 Å². The van der Waals surface area contributed by atoms with E-state index in [1.54, 1.807) is 18.3 Å². The van der Waals surface area contributed by atoms with Crippen molar-refractivity contribution in [2.75, 3.05) is 0 Å². The number of phenolic OH excluding ortho intramolecular Hbond substituents is 1. The van der Waals surface area contributed by atoms with Crippen molar-refractivity contribution in [3.05, 3.63) is 76.3 Å². The molecule has 0 amide bonds. The van der Waals surface area contributed by atoms with Crippen LogP contribution in [0.15, 0.2) is 74.5 Å². The van der Waals surface area contributed by atoms with E-state index in [-0.39, 0.29) is 5.75 Å². The summed E-state index contributed by atoms with van der Waals surface area (Å²) in [4.78, 5) is 9.17. The highest BCUT2D eigenvalue weighted by molar-refractivity contribution is 9.10. The van der Waals surface area contributed by atoms with Crippen molar-refractivity contribution in [1.29, 1.82) is 0 Å². The van der Waals surface area contributed by atoms with E-state index in [9.17, 15) is 5.11 Å². The van der Waals surface area contributed by atoms with E-state index in [1.165, 1.54) is 5.56 Å². The van der Waals surface area contributed by atoms with Gasteiger partial charge in [-0.2, -0.15) is 0 Å². The summed E-state index contributed by atoms with van der Waals surface area (Å²) in [7, 11) is 0. The highest BCUT2D eigenvalue weighted by atomic mass is 79.9. The van der Waals surface area contributed by atoms with Crippen LogP contribution in [0.4, 0.5) is 5.69 Å². The van der Waals surface area contributed by atoms with Crippen molar-refractivity contribution in [2.24, 2.45) is 4.99 Å². The van der Waals surface area contributed by atoms with Gasteiger partial charge in [-0.3, -0.25) is 4.99 Å². The fourth-order valence-corrected chi connectivity index (χ4v) is 3.48.